The van der Waals surface area contributed by atoms with E-state index in [0.717, 1.165) is 6.42 Å². The maximum Gasteiger partial charge on any atom is 0.306 e. The summed E-state index contributed by atoms with van der Waals surface area (Å²) in [5.41, 5.74) is 0. The summed E-state index contributed by atoms with van der Waals surface area (Å²) >= 11 is 0. The molecule has 0 fully saturated rings. The Kier molecular flexibility index (Phi) is 4.20. The van der Waals surface area contributed by atoms with Gasteiger partial charge < -0.3 is 4.74 Å². The number of tetrazole rings is 1. The summed E-state index contributed by atoms with van der Waals surface area (Å²) in [4.78, 5) is 22.0. The van der Waals surface area contributed by atoms with E-state index in [2.05, 4.69) is 30.7 Å². The minimum Gasteiger partial charge on any atom is -0.466 e. The van der Waals surface area contributed by atoms with Gasteiger partial charge in [0.15, 0.2) is 0 Å². The third kappa shape index (κ3) is 4.16. The van der Waals surface area contributed by atoms with Crippen LogP contribution in [-0.4, -0.2) is 39.1 Å². The molecule has 1 aromatic heterocycles. The molecule has 0 aliphatic carbocycles. The largest absolute Gasteiger partial charge is 0.466 e. The summed E-state index contributed by atoms with van der Waals surface area (Å²) in [6.07, 6.45) is 1.07. The Hall–Kier alpha value is -1.99. The smallest absolute Gasteiger partial charge is 0.306 e. The molecule has 0 aliphatic heterocycles. The van der Waals surface area contributed by atoms with Crippen molar-refractivity contribution in [2.24, 2.45) is 0 Å². The standard InChI is InChI=1S/C7H10N5O3/c1-2-15-6(14)4-3-5(13)8-7-9-11-12-10-7/h3H,2,4H2,1H3,(H2,8,9,10,11,12,13). The van der Waals surface area contributed by atoms with E-state index in [1.807, 2.05) is 0 Å². The van der Waals surface area contributed by atoms with Gasteiger partial charge in [0, 0.05) is 0 Å². The van der Waals surface area contributed by atoms with Gasteiger partial charge in [0.2, 0.25) is 11.9 Å². The Bertz CT molecular complexity index is 323. The van der Waals surface area contributed by atoms with Crippen LogP contribution < -0.4 is 5.32 Å². The number of aromatic nitrogens is 4. The normalized spacial score (nSPS) is 9.67. The van der Waals surface area contributed by atoms with Crippen LogP contribution in [0.2, 0.25) is 0 Å². The van der Waals surface area contributed by atoms with Crippen molar-refractivity contribution in [2.75, 3.05) is 11.9 Å². The monoisotopic (exact) mass is 212 g/mol. The topological polar surface area (TPSA) is 110 Å². The molecule has 81 valence electrons. The number of hydrogen-bond donors (Lipinski definition) is 2. The van der Waals surface area contributed by atoms with Gasteiger partial charge in [-0.25, -0.2) is 5.10 Å². The summed E-state index contributed by atoms with van der Waals surface area (Å²) in [6, 6.07) is 0. The number of carbonyl (C=O) groups is 2. The predicted octanol–water partition coefficient (Wildman–Crippen LogP) is -0.704. The average Bonchev–Trinajstić information content (AvgIpc) is 2.68. The molecule has 0 unspecified atom stereocenters. The summed E-state index contributed by atoms with van der Waals surface area (Å²) in [7, 11) is 0. The highest BCUT2D eigenvalue weighted by molar-refractivity contribution is 5.98. The number of nitrogens with one attached hydrogen (secondary N) is 2. The lowest BCUT2D eigenvalue weighted by Gasteiger charge is -2.00. The van der Waals surface area contributed by atoms with Crippen LogP contribution in [0.3, 0.4) is 0 Å². The quantitative estimate of drug-likeness (QED) is 0.624. The molecule has 0 saturated heterocycles. The predicted molar refractivity (Wildman–Crippen MR) is 48.4 cm³/mol. The maximum atomic E-state index is 11.1. The lowest BCUT2D eigenvalue weighted by Crippen LogP contribution is -2.16. The van der Waals surface area contributed by atoms with E-state index in [1.54, 1.807) is 6.92 Å². The minimum atomic E-state index is -0.471. The van der Waals surface area contributed by atoms with E-state index in [4.69, 9.17) is 0 Å². The van der Waals surface area contributed by atoms with E-state index in [0.29, 0.717) is 6.61 Å². The van der Waals surface area contributed by atoms with Crippen LogP contribution in [-0.2, 0) is 14.3 Å². The Morgan fingerprint density at radius 1 is 1.60 bits per heavy atom. The molecule has 15 heavy (non-hydrogen) atoms. The lowest BCUT2D eigenvalue weighted by atomic mass is 10.3. The van der Waals surface area contributed by atoms with E-state index < -0.39 is 11.9 Å². The van der Waals surface area contributed by atoms with Crippen molar-refractivity contribution < 1.29 is 14.3 Å². The number of anilines is 1. The zero-order chi connectivity index (χ0) is 11.1. The van der Waals surface area contributed by atoms with Crippen LogP contribution >= 0.6 is 0 Å². The van der Waals surface area contributed by atoms with Crippen LogP contribution in [0.5, 0.6) is 0 Å². The maximum absolute atomic E-state index is 11.1. The van der Waals surface area contributed by atoms with E-state index in [1.165, 1.54) is 0 Å². The molecule has 0 aliphatic rings. The molecule has 8 nitrogen and oxygen atoms in total. The number of carbonyl (C=O) groups excluding carboxylic acids is 2. The highest BCUT2D eigenvalue weighted by atomic mass is 16.5. The number of nitrogens with zero attached hydrogens (tertiary/aromatic N) is 3. The van der Waals surface area contributed by atoms with Gasteiger partial charge >= 0.3 is 5.97 Å². The van der Waals surface area contributed by atoms with Crippen molar-refractivity contribution in [1.82, 2.24) is 20.6 Å². The van der Waals surface area contributed by atoms with Crippen molar-refractivity contribution in [2.45, 2.75) is 13.3 Å². The third-order valence-corrected chi connectivity index (χ3v) is 1.35. The molecule has 1 amide bonds. The number of rotatable bonds is 5. The Morgan fingerprint density at radius 3 is 3.00 bits per heavy atom. The van der Waals surface area contributed by atoms with Crippen LogP contribution in [0.25, 0.3) is 0 Å². The van der Waals surface area contributed by atoms with Crippen LogP contribution in [0.1, 0.15) is 13.3 Å². The van der Waals surface area contributed by atoms with Gasteiger partial charge in [0.25, 0.3) is 0 Å². The van der Waals surface area contributed by atoms with Crippen molar-refractivity contribution in [1.29, 1.82) is 0 Å². The molecular formula is C7H10N5O3. The average molecular weight is 212 g/mol. The number of hydrogen-bond acceptors (Lipinski definition) is 6. The number of H-pyrrole nitrogens is 1. The molecule has 1 radical (unpaired) electrons. The van der Waals surface area contributed by atoms with Crippen LogP contribution in [0.15, 0.2) is 0 Å². The molecule has 0 aromatic carbocycles. The first-order valence-corrected chi connectivity index (χ1v) is 4.26. The van der Waals surface area contributed by atoms with Crippen molar-refractivity contribution in [3.63, 3.8) is 0 Å². The summed E-state index contributed by atoms with van der Waals surface area (Å²) in [5, 5.41) is 14.6. The van der Waals surface area contributed by atoms with Crippen LogP contribution in [0, 0.1) is 6.42 Å². The summed E-state index contributed by atoms with van der Waals surface area (Å²) in [5.74, 6) is -0.801. The van der Waals surface area contributed by atoms with E-state index in [9.17, 15) is 9.59 Å². The van der Waals surface area contributed by atoms with Crippen molar-refractivity contribution in [3.8, 4) is 0 Å². The fourth-order valence-corrected chi connectivity index (χ4v) is 0.776. The van der Waals surface area contributed by atoms with E-state index in [-0.39, 0.29) is 12.4 Å². The number of amides is 1. The highest BCUT2D eigenvalue weighted by Crippen LogP contribution is 1.96. The van der Waals surface area contributed by atoms with Gasteiger partial charge in [-0.2, -0.15) is 0 Å². The third-order valence-electron chi connectivity index (χ3n) is 1.35. The van der Waals surface area contributed by atoms with Gasteiger partial charge in [-0.15, -0.1) is 0 Å². The summed E-state index contributed by atoms with van der Waals surface area (Å²) < 4.78 is 4.63. The molecule has 1 heterocycles. The molecule has 1 aromatic rings. The lowest BCUT2D eigenvalue weighted by molar-refractivity contribution is -0.142. The van der Waals surface area contributed by atoms with Gasteiger partial charge in [-0.1, -0.05) is 5.10 Å². The van der Waals surface area contributed by atoms with Gasteiger partial charge in [-0.05, 0) is 17.4 Å². The molecule has 1 rings (SSSR count). The van der Waals surface area contributed by atoms with Crippen molar-refractivity contribution >= 4 is 17.8 Å². The molecule has 8 heteroatoms. The minimum absolute atomic E-state index is 0.0821. The zero-order valence-corrected chi connectivity index (χ0v) is 8.06. The van der Waals surface area contributed by atoms with Gasteiger partial charge in [0.1, 0.15) is 0 Å². The molecular weight excluding hydrogens is 202 g/mol. The number of aromatic amines is 1. The second kappa shape index (κ2) is 5.68. The Labute approximate surface area is 85.4 Å². The fraction of sp³-hybridized carbons (Fsp3) is 0.429. The fourth-order valence-electron chi connectivity index (χ4n) is 0.776. The molecule has 0 spiro atoms. The van der Waals surface area contributed by atoms with Crippen LogP contribution in [0.4, 0.5) is 5.95 Å². The van der Waals surface area contributed by atoms with E-state index >= 15 is 0 Å². The number of esters is 1. The summed E-state index contributed by atoms with van der Waals surface area (Å²) in [6.45, 7) is 1.98. The highest BCUT2D eigenvalue weighted by Gasteiger charge is 2.09. The van der Waals surface area contributed by atoms with Crippen molar-refractivity contribution in [3.05, 3.63) is 6.42 Å². The molecule has 0 saturated carbocycles. The first kappa shape index (κ1) is 11.1. The first-order valence-electron chi connectivity index (χ1n) is 4.26. The Morgan fingerprint density at radius 2 is 2.40 bits per heavy atom. The Balaban J connectivity index is 2.22. The zero-order valence-electron chi connectivity index (χ0n) is 8.06. The second-order valence-corrected chi connectivity index (χ2v) is 2.45. The molecule has 0 bridgehead atoms. The molecule has 0 atom stereocenters. The number of ether oxygens (including phenoxy) is 1. The SMILES string of the molecule is CCOC(=O)C[CH]C(=O)Nc1nnn[nH]1. The van der Waals surface area contributed by atoms with Gasteiger partial charge in [-0.3, -0.25) is 14.9 Å². The van der Waals surface area contributed by atoms with Gasteiger partial charge in [0.05, 0.1) is 19.4 Å². The second-order valence-electron chi connectivity index (χ2n) is 2.45. The first-order chi connectivity index (χ1) is 7.22. The molecule has 2 N–H and O–H groups in total.